The van der Waals surface area contributed by atoms with Crippen LogP contribution in [-0.2, 0) is 6.54 Å². The Balaban J connectivity index is 1.47. The molecule has 0 atom stereocenters. The number of hydrogen-bond acceptors (Lipinski definition) is 4. The zero-order valence-electron chi connectivity index (χ0n) is 18.6. The second-order valence-corrected chi connectivity index (χ2v) is 8.23. The summed E-state index contributed by atoms with van der Waals surface area (Å²) in [6.07, 6.45) is 0.696. The van der Waals surface area contributed by atoms with E-state index in [0.29, 0.717) is 49.4 Å². The SMILES string of the molecule is Nc1ccc(N2CCCN(C(=O)c3cccc(F)c3)CC2)c(C(=O)NCc2ccc(F)cc2)c1. The molecule has 1 saturated heterocycles. The van der Waals surface area contributed by atoms with E-state index in [0.717, 1.165) is 11.3 Å². The number of nitrogens with zero attached hydrogens (tertiary/aromatic N) is 2. The fraction of sp³-hybridized carbons (Fsp3) is 0.231. The first kappa shape index (κ1) is 23.2. The minimum atomic E-state index is -0.444. The molecule has 3 aromatic carbocycles. The van der Waals surface area contributed by atoms with Gasteiger partial charge in [0.15, 0.2) is 0 Å². The first-order valence-corrected chi connectivity index (χ1v) is 11.1. The van der Waals surface area contributed by atoms with Crippen molar-refractivity contribution in [2.75, 3.05) is 36.8 Å². The van der Waals surface area contributed by atoms with Gasteiger partial charge in [0.05, 0.1) is 5.56 Å². The number of carbonyl (C=O) groups excluding carboxylic acids is 2. The molecule has 1 heterocycles. The smallest absolute Gasteiger partial charge is 0.254 e. The molecular formula is C26H26F2N4O2. The second kappa shape index (κ2) is 10.3. The third kappa shape index (κ3) is 5.51. The molecule has 0 saturated carbocycles. The first-order valence-electron chi connectivity index (χ1n) is 11.1. The van der Waals surface area contributed by atoms with E-state index in [1.165, 1.54) is 30.3 Å². The predicted octanol–water partition coefficient (Wildman–Crippen LogP) is 3.83. The highest BCUT2D eigenvalue weighted by Gasteiger charge is 2.23. The van der Waals surface area contributed by atoms with E-state index in [2.05, 4.69) is 10.2 Å². The van der Waals surface area contributed by atoms with E-state index < -0.39 is 5.82 Å². The average molecular weight is 465 g/mol. The summed E-state index contributed by atoms with van der Waals surface area (Å²) in [5.74, 6) is -1.28. The minimum absolute atomic E-state index is 0.212. The lowest BCUT2D eigenvalue weighted by Gasteiger charge is -2.26. The van der Waals surface area contributed by atoms with E-state index in [-0.39, 0.29) is 24.2 Å². The Kier molecular flexibility index (Phi) is 7.06. The van der Waals surface area contributed by atoms with E-state index in [1.54, 1.807) is 35.2 Å². The number of halogens is 2. The molecule has 8 heteroatoms. The molecular weight excluding hydrogens is 438 g/mol. The van der Waals surface area contributed by atoms with Crippen LogP contribution in [0.5, 0.6) is 0 Å². The van der Waals surface area contributed by atoms with Gasteiger partial charge in [-0.05, 0) is 60.5 Å². The molecule has 1 aliphatic heterocycles. The number of rotatable bonds is 5. The van der Waals surface area contributed by atoms with Gasteiger partial charge < -0.3 is 20.9 Å². The van der Waals surface area contributed by atoms with Crippen molar-refractivity contribution in [3.63, 3.8) is 0 Å². The number of nitrogen functional groups attached to an aromatic ring is 1. The normalized spacial score (nSPS) is 13.9. The largest absolute Gasteiger partial charge is 0.399 e. The monoisotopic (exact) mass is 464 g/mol. The standard InChI is InChI=1S/C26H26F2N4O2/c27-20-7-5-18(6-8-20)17-30-25(33)23-16-22(29)9-10-24(23)31-11-2-12-32(14-13-31)26(34)19-3-1-4-21(28)15-19/h1,3-10,15-16H,2,11-14,17,29H2,(H,30,33). The molecule has 2 amide bonds. The van der Waals surface area contributed by atoms with Crippen LogP contribution in [0.2, 0.25) is 0 Å². The number of carbonyl (C=O) groups is 2. The van der Waals surface area contributed by atoms with Gasteiger partial charge in [-0.3, -0.25) is 9.59 Å². The molecule has 0 bridgehead atoms. The topological polar surface area (TPSA) is 78.7 Å². The molecule has 3 N–H and O–H groups in total. The summed E-state index contributed by atoms with van der Waals surface area (Å²) >= 11 is 0. The summed E-state index contributed by atoms with van der Waals surface area (Å²) in [6.45, 7) is 2.39. The molecule has 0 aromatic heterocycles. The average Bonchev–Trinajstić information content (AvgIpc) is 3.09. The Bertz CT molecular complexity index is 1180. The summed E-state index contributed by atoms with van der Waals surface area (Å²) in [4.78, 5) is 29.6. The molecule has 4 rings (SSSR count). The van der Waals surface area contributed by atoms with Gasteiger partial charge >= 0.3 is 0 Å². The van der Waals surface area contributed by atoms with Gasteiger partial charge in [0.25, 0.3) is 11.8 Å². The molecule has 34 heavy (non-hydrogen) atoms. The zero-order valence-corrected chi connectivity index (χ0v) is 18.6. The molecule has 0 unspecified atom stereocenters. The van der Waals surface area contributed by atoms with Crippen molar-refractivity contribution in [1.82, 2.24) is 10.2 Å². The first-order chi connectivity index (χ1) is 16.4. The van der Waals surface area contributed by atoms with Crippen LogP contribution in [0.1, 0.15) is 32.7 Å². The quantitative estimate of drug-likeness (QED) is 0.563. The van der Waals surface area contributed by atoms with Crippen molar-refractivity contribution in [3.05, 3.63) is 95.1 Å². The maximum atomic E-state index is 13.6. The van der Waals surface area contributed by atoms with Crippen molar-refractivity contribution in [3.8, 4) is 0 Å². The second-order valence-electron chi connectivity index (χ2n) is 8.23. The van der Waals surface area contributed by atoms with E-state index in [9.17, 15) is 18.4 Å². The van der Waals surface area contributed by atoms with Gasteiger partial charge in [0.1, 0.15) is 11.6 Å². The van der Waals surface area contributed by atoms with Gasteiger partial charge in [-0.15, -0.1) is 0 Å². The Morgan fingerprint density at radius 1 is 0.882 bits per heavy atom. The minimum Gasteiger partial charge on any atom is -0.399 e. The summed E-state index contributed by atoms with van der Waals surface area (Å²) in [6, 6.07) is 16.8. The highest BCUT2D eigenvalue weighted by atomic mass is 19.1. The number of benzene rings is 3. The third-order valence-corrected chi connectivity index (χ3v) is 5.83. The van der Waals surface area contributed by atoms with Crippen LogP contribution in [0.3, 0.4) is 0 Å². The van der Waals surface area contributed by atoms with Gasteiger partial charge in [-0.1, -0.05) is 18.2 Å². The summed E-state index contributed by atoms with van der Waals surface area (Å²) in [5, 5.41) is 2.87. The highest BCUT2D eigenvalue weighted by Crippen LogP contribution is 2.25. The molecule has 1 fully saturated rings. The van der Waals surface area contributed by atoms with Crippen LogP contribution in [0.15, 0.2) is 66.7 Å². The molecule has 176 valence electrons. The van der Waals surface area contributed by atoms with Crippen molar-refractivity contribution < 1.29 is 18.4 Å². The summed E-state index contributed by atoms with van der Waals surface area (Å²) < 4.78 is 26.7. The lowest BCUT2D eigenvalue weighted by molar-refractivity contribution is 0.0766. The fourth-order valence-corrected chi connectivity index (χ4v) is 4.06. The Labute approximate surface area is 197 Å². The maximum absolute atomic E-state index is 13.6. The van der Waals surface area contributed by atoms with E-state index in [4.69, 9.17) is 5.73 Å². The number of hydrogen-bond donors (Lipinski definition) is 2. The predicted molar refractivity (Wildman–Crippen MR) is 128 cm³/mol. The summed E-state index contributed by atoms with van der Waals surface area (Å²) in [7, 11) is 0. The van der Waals surface area contributed by atoms with Crippen LogP contribution < -0.4 is 16.0 Å². The van der Waals surface area contributed by atoms with Gasteiger partial charge in [-0.25, -0.2) is 8.78 Å². The van der Waals surface area contributed by atoms with Gasteiger partial charge in [0.2, 0.25) is 0 Å². The molecule has 1 aliphatic rings. The van der Waals surface area contributed by atoms with Crippen molar-refractivity contribution in [1.29, 1.82) is 0 Å². The van der Waals surface area contributed by atoms with Crippen LogP contribution in [-0.4, -0.2) is 42.9 Å². The number of amides is 2. The van der Waals surface area contributed by atoms with E-state index >= 15 is 0 Å². The van der Waals surface area contributed by atoms with Crippen LogP contribution in [0, 0.1) is 11.6 Å². The number of nitrogens with one attached hydrogen (secondary N) is 1. The Morgan fingerprint density at radius 2 is 1.68 bits per heavy atom. The number of anilines is 2. The van der Waals surface area contributed by atoms with Crippen LogP contribution in [0.25, 0.3) is 0 Å². The van der Waals surface area contributed by atoms with Gasteiger partial charge in [-0.2, -0.15) is 0 Å². The fourth-order valence-electron chi connectivity index (χ4n) is 4.06. The van der Waals surface area contributed by atoms with Crippen LogP contribution >= 0.6 is 0 Å². The molecule has 3 aromatic rings. The Morgan fingerprint density at radius 3 is 2.44 bits per heavy atom. The third-order valence-electron chi connectivity index (χ3n) is 5.83. The van der Waals surface area contributed by atoms with Gasteiger partial charge in [0, 0.05) is 49.7 Å². The zero-order chi connectivity index (χ0) is 24.1. The van der Waals surface area contributed by atoms with Crippen molar-refractivity contribution in [2.24, 2.45) is 0 Å². The number of nitrogens with two attached hydrogens (primary N) is 1. The summed E-state index contributed by atoms with van der Waals surface area (Å²) in [5.41, 5.74) is 8.70. The molecule has 0 spiro atoms. The lowest BCUT2D eigenvalue weighted by Crippen LogP contribution is -2.36. The van der Waals surface area contributed by atoms with Crippen molar-refractivity contribution >= 4 is 23.2 Å². The lowest BCUT2D eigenvalue weighted by atomic mass is 10.1. The Hall–Kier alpha value is -3.94. The van der Waals surface area contributed by atoms with Crippen molar-refractivity contribution in [2.45, 2.75) is 13.0 Å². The highest BCUT2D eigenvalue weighted by molar-refractivity contribution is 6.00. The molecule has 0 radical (unpaired) electrons. The van der Waals surface area contributed by atoms with Crippen LogP contribution in [0.4, 0.5) is 20.2 Å². The molecule has 0 aliphatic carbocycles. The molecule has 6 nitrogen and oxygen atoms in total. The maximum Gasteiger partial charge on any atom is 0.254 e. The van der Waals surface area contributed by atoms with E-state index in [1.807, 2.05) is 6.07 Å².